The van der Waals surface area contributed by atoms with Crippen LogP contribution >= 0.6 is 29.5 Å². The molecule has 5 heteroatoms. The second kappa shape index (κ2) is 4.09. The van der Waals surface area contributed by atoms with E-state index in [0.29, 0.717) is 5.02 Å². The van der Waals surface area contributed by atoms with Crippen LogP contribution in [0.25, 0.3) is 0 Å². The van der Waals surface area contributed by atoms with E-state index in [1.54, 1.807) is 0 Å². The summed E-state index contributed by atoms with van der Waals surface area (Å²) in [5, 5.41) is 4.58. The third-order valence-electron chi connectivity index (χ3n) is 2.53. The standard InChI is InChI=1S/C12H9ClNOPS/c13-9-6-7-12-11(8-9)14-16(15,17-12)10-4-2-1-3-5-10/h1-8H,(H,14,15). The predicted molar refractivity (Wildman–Crippen MR) is 74.6 cm³/mol. The maximum atomic E-state index is 12.8. The first-order valence-electron chi connectivity index (χ1n) is 5.10. The van der Waals surface area contributed by atoms with Gasteiger partial charge in [-0.1, -0.05) is 29.8 Å². The molecule has 0 fully saturated rings. The molecule has 0 spiro atoms. The minimum Gasteiger partial charge on any atom is -0.324 e. The van der Waals surface area contributed by atoms with Crippen LogP contribution in [0.2, 0.25) is 5.02 Å². The molecule has 2 nitrogen and oxygen atoms in total. The fourth-order valence-corrected chi connectivity index (χ4v) is 6.36. The third kappa shape index (κ3) is 1.99. The fourth-order valence-electron chi connectivity index (χ4n) is 1.73. The molecule has 1 unspecified atom stereocenters. The molecule has 86 valence electrons. The molecule has 17 heavy (non-hydrogen) atoms. The van der Waals surface area contributed by atoms with E-state index in [1.165, 1.54) is 11.4 Å². The van der Waals surface area contributed by atoms with Crippen molar-refractivity contribution in [1.29, 1.82) is 0 Å². The Morgan fingerprint density at radius 3 is 2.65 bits per heavy atom. The highest BCUT2D eigenvalue weighted by molar-refractivity contribution is 8.61. The smallest absolute Gasteiger partial charge is 0.257 e. The number of nitrogens with one attached hydrogen (secondary N) is 1. The summed E-state index contributed by atoms with van der Waals surface area (Å²) in [4.78, 5) is 0.988. The van der Waals surface area contributed by atoms with Crippen molar-refractivity contribution in [2.45, 2.75) is 4.90 Å². The van der Waals surface area contributed by atoms with Gasteiger partial charge in [0.1, 0.15) is 0 Å². The van der Waals surface area contributed by atoms with Crippen LogP contribution in [0.4, 0.5) is 5.69 Å². The van der Waals surface area contributed by atoms with Crippen molar-refractivity contribution in [2.24, 2.45) is 0 Å². The van der Waals surface area contributed by atoms with Crippen LogP contribution < -0.4 is 10.4 Å². The summed E-state index contributed by atoms with van der Waals surface area (Å²) in [6.07, 6.45) is 0. The van der Waals surface area contributed by atoms with Gasteiger partial charge in [0, 0.05) is 15.2 Å². The maximum Gasteiger partial charge on any atom is 0.257 e. The zero-order chi connectivity index (χ0) is 11.9. The summed E-state index contributed by atoms with van der Waals surface area (Å²) >= 11 is 7.31. The van der Waals surface area contributed by atoms with Crippen molar-refractivity contribution in [1.82, 2.24) is 0 Å². The van der Waals surface area contributed by atoms with Crippen LogP contribution in [-0.4, -0.2) is 0 Å². The number of halogens is 1. The lowest BCUT2D eigenvalue weighted by Crippen LogP contribution is -2.04. The van der Waals surface area contributed by atoms with Gasteiger partial charge in [-0.2, -0.15) is 0 Å². The second-order valence-electron chi connectivity index (χ2n) is 3.73. The molecule has 1 aliphatic heterocycles. The largest absolute Gasteiger partial charge is 0.324 e. The first-order valence-corrected chi connectivity index (χ1v) is 8.61. The van der Waals surface area contributed by atoms with E-state index in [0.717, 1.165) is 15.9 Å². The predicted octanol–water partition coefficient (Wildman–Crippen LogP) is 4.38. The number of fused-ring (bicyclic) bond motifs is 1. The Bertz CT molecular complexity index is 617. The topological polar surface area (TPSA) is 29.1 Å². The summed E-state index contributed by atoms with van der Waals surface area (Å²) in [7, 11) is 0. The molecule has 2 aromatic carbocycles. The summed E-state index contributed by atoms with van der Waals surface area (Å²) in [5.41, 5.74) is 0.856. The molecule has 0 radical (unpaired) electrons. The molecule has 1 N–H and O–H groups in total. The minimum absolute atomic E-state index is 0.651. The minimum atomic E-state index is -2.62. The van der Waals surface area contributed by atoms with Gasteiger partial charge in [-0.05, 0) is 41.7 Å². The van der Waals surface area contributed by atoms with E-state index in [4.69, 9.17) is 11.6 Å². The quantitative estimate of drug-likeness (QED) is 0.787. The van der Waals surface area contributed by atoms with E-state index >= 15 is 0 Å². The van der Waals surface area contributed by atoms with E-state index in [2.05, 4.69) is 5.09 Å². The lowest BCUT2D eigenvalue weighted by atomic mass is 10.3. The van der Waals surface area contributed by atoms with Gasteiger partial charge in [0.2, 0.25) is 0 Å². The summed E-state index contributed by atoms with van der Waals surface area (Å²) < 4.78 is 12.8. The SMILES string of the molecule is O=P1(c2ccccc2)Nc2cc(Cl)ccc2S1. The van der Waals surface area contributed by atoms with Crippen molar-refractivity contribution in [3.05, 3.63) is 53.6 Å². The van der Waals surface area contributed by atoms with Crippen molar-refractivity contribution in [2.75, 3.05) is 5.09 Å². The molecule has 1 heterocycles. The van der Waals surface area contributed by atoms with Crippen molar-refractivity contribution >= 4 is 40.5 Å². The fraction of sp³-hybridized carbons (Fsp3) is 0. The third-order valence-corrected chi connectivity index (χ3v) is 7.36. The van der Waals surface area contributed by atoms with Crippen LogP contribution in [-0.2, 0) is 4.57 Å². The molecule has 2 aromatic rings. The Morgan fingerprint density at radius 1 is 1.12 bits per heavy atom. The highest BCUT2D eigenvalue weighted by Gasteiger charge is 2.33. The molecule has 0 bridgehead atoms. The first-order chi connectivity index (χ1) is 8.17. The highest BCUT2D eigenvalue weighted by Crippen LogP contribution is 2.67. The van der Waals surface area contributed by atoms with Gasteiger partial charge < -0.3 is 5.09 Å². The Kier molecular flexibility index (Phi) is 2.70. The molecule has 0 saturated heterocycles. The molecule has 0 saturated carbocycles. The van der Waals surface area contributed by atoms with Gasteiger partial charge in [-0.25, -0.2) is 0 Å². The number of anilines is 1. The van der Waals surface area contributed by atoms with E-state index in [9.17, 15) is 4.57 Å². The Balaban J connectivity index is 2.03. The summed E-state index contributed by atoms with van der Waals surface area (Å²) in [6, 6.07) is 15.0. The van der Waals surface area contributed by atoms with E-state index in [-0.39, 0.29) is 0 Å². The van der Waals surface area contributed by atoms with Gasteiger partial charge in [-0.3, -0.25) is 4.57 Å². The van der Waals surface area contributed by atoms with Crippen molar-refractivity contribution in [3.63, 3.8) is 0 Å². The molecule has 0 aliphatic carbocycles. The molecule has 3 rings (SSSR count). The normalized spacial score (nSPS) is 21.9. The number of benzene rings is 2. The Morgan fingerprint density at radius 2 is 1.88 bits per heavy atom. The molecule has 0 aromatic heterocycles. The van der Waals surface area contributed by atoms with E-state index < -0.39 is 6.49 Å². The lowest BCUT2D eigenvalue weighted by molar-refractivity contribution is 0.593. The number of rotatable bonds is 1. The molecule has 1 aliphatic rings. The number of hydrogen-bond acceptors (Lipinski definition) is 2. The average Bonchev–Trinajstić information content (AvgIpc) is 2.67. The molecule has 0 amide bonds. The summed E-state index contributed by atoms with van der Waals surface area (Å²) in [5.74, 6) is 0. The lowest BCUT2D eigenvalue weighted by Gasteiger charge is -2.10. The van der Waals surface area contributed by atoms with Crippen LogP contribution in [0.5, 0.6) is 0 Å². The van der Waals surface area contributed by atoms with Gasteiger partial charge in [0.25, 0.3) is 6.49 Å². The first kappa shape index (κ1) is 11.2. The summed E-state index contributed by atoms with van der Waals surface area (Å²) in [6.45, 7) is -2.62. The van der Waals surface area contributed by atoms with Crippen LogP contribution in [0, 0.1) is 0 Å². The number of hydrogen-bond donors (Lipinski definition) is 1. The van der Waals surface area contributed by atoms with Gasteiger partial charge in [0.15, 0.2) is 0 Å². The monoisotopic (exact) mass is 281 g/mol. The Hall–Kier alpha value is -0.890. The Labute approximate surface area is 109 Å². The zero-order valence-corrected chi connectivity index (χ0v) is 11.2. The highest BCUT2D eigenvalue weighted by atomic mass is 35.5. The molecular formula is C12H9ClNOPS. The zero-order valence-electron chi connectivity index (χ0n) is 8.76. The van der Waals surface area contributed by atoms with Crippen LogP contribution in [0.3, 0.4) is 0 Å². The van der Waals surface area contributed by atoms with Gasteiger partial charge >= 0.3 is 0 Å². The van der Waals surface area contributed by atoms with Crippen molar-refractivity contribution < 1.29 is 4.57 Å². The molecular weight excluding hydrogens is 273 g/mol. The van der Waals surface area contributed by atoms with E-state index in [1.807, 2.05) is 48.5 Å². The van der Waals surface area contributed by atoms with Gasteiger partial charge in [0.05, 0.1) is 5.69 Å². The van der Waals surface area contributed by atoms with Crippen molar-refractivity contribution in [3.8, 4) is 0 Å². The average molecular weight is 282 g/mol. The van der Waals surface area contributed by atoms with Crippen LogP contribution in [0.1, 0.15) is 0 Å². The maximum absolute atomic E-state index is 12.8. The molecule has 1 atom stereocenters. The second-order valence-corrected chi connectivity index (χ2v) is 8.72. The van der Waals surface area contributed by atoms with Crippen LogP contribution in [0.15, 0.2) is 53.4 Å². The van der Waals surface area contributed by atoms with Gasteiger partial charge in [-0.15, -0.1) is 0 Å².